The lowest BCUT2D eigenvalue weighted by molar-refractivity contribution is -0.153. The molecule has 0 aliphatic heterocycles. The molecule has 0 radical (unpaired) electrons. The van der Waals surface area contributed by atoms with Crippen molar-refractivity contribution >= 4 is 17.7 Å². The summed E-state index contributed by atoms with van der Waals surface area (Å²) in [5.41, 5.74) is 0. The molecular formula is C6H8O5. The Kier molecular flexibility index (Phi) is 3.87. The van der Waals surface area contributed by atoms with E-state index < -0.39 is 18.4 Å². The average molecular weight is 160 g/mol. The number of Topliss-reactive ketones (excluding diaryl/α,β-unsaturated/α-hetero) is 1. The van der Waals surface area contributed by atoms with Gasteiger partial charge in [0, 0.05) is 0 Å². The number of ether oxygens (including phenoxy) is 1. The highest BCUT2D eigenvalue weighted by Gasteiger charge is 2.08. The summed E-state index contributed by atoms with van der Waals surface area (Å²) in [7, 11) is 0. The fourth-order valence-corrected chi connectivity index (χ4v) is 0.357. The summed E-state index contributed by atoms with van der Waals surface area (Å²) in [5.74, 6) is -2.48. The highest BCUT2D eigenvalue weighted by Crippen LogP contribution is 1.86. The third kappa shape index (κ3) is 6.50. The molecule has 0 saturated heterocycles. The first-order chi connectivity index (χ1) is 5.02. The predicted octanol–water partition coefficient (Wildman–Crippen LogP) is -0.407. The molecule has 11 heavy (non-hydrogen) atoms. The Labute approximate surface area is 63.0 Å². The van der Waals surface area contributed by atoms with Gasteiger partial charge in [0.15, 0.2) is 5.78 Å². The molecule has 1 N–H and O–H groups in total. The van der Waals surface area contributed by atoms with E-state index in [2.05, 4.69) is 4.74 Å². The summed E-state index contributed by atoms with van der Waals surface area (Å²) in [6, 6.07) is 0. The van der Waals surface area contributed by atoms with Crippen LogP contribution in [0.2, 0.25) is 0 Å². The Balaban J connectivity index is 3.53. The molecule has 5 heteroatoms. The van der Waals surface area contributed by atoms with Crippen LogP contribution in [-0.4, -0.2) is 29.4 Å². The molecule has 0 aromatic carbocycles. The molecule has 0 aromatic heterocycles. The summed E-state index contributed by atoms with van der Waals surface area (Å²) in [5, 5.41) is 8.06. The zero-order chi connectivity index (χ0) is 8.85. The van der Waals surface area contributed by atoms with E-state index in [0.29, 0.717) is 0 Å². The van der Waals surface area contributed by atoms with Crippen molar-refractivity contribution < 1.29 is 24.2 Å². The van der Waals surface area contributed by atoms with E-state index in [1.807, 2.05) is 0 Å². The molecule has 0 aromatic rings. The third-order valence-electron chi connectivity index (χ3n) is 0.732. The van der Waals surface area contributed by atoms with Crippen molar-refractivity contribution in [2.24, 2.45) is 0 Å². The fraction of sp³-hybridized carbons (Fsp3) is 0.500. The molecule has 0 fully saturated rings. The maximum absolute atomic E-state index is 10.4. The van der Waals surface area contributed by atoms with Gasteiger partial charge in [0.25, 0.3) is 0 Å². The van der Waals surface area contributed by atoms with Gasteiger partial charge in [-0.3, -0.25) is 14.4 Å². The second-order valence-corrected chi connectivity index (χ2v) is 1.93. The molecule has 5 nitrogen and oxygen atoms in total. The number of carbonyl (C=O) groups excluding carboxylic acids is 2. The number of hydrogen-bond donors (Lipinski definition) is 1. The van der Waals surface area contributed by atoms with Gasteiger partial charge in [-0.2, -0.15) is 0 Å². The van der Waals surface area contributed by atoms with Gasteiger partial charge in [0.2, 0.25) is 0 Å². The Morgan fingerprint density at radius 1 is 1.36 bits per heavy atom. The number of aliphatic carboxylic acids is 1. The minimum Gasteiger partial charge on any atom is -0.481 e. The standard InChI is InChI=1S/C6H8O5/c1-4(7)3-11-6(10)2-5(8)9/h2-3H2,1H3,(H,8,9). The van der Waals surface area contributed by atoms with Crippen molar-refractivity contribution in [3.8, 4) is 0 Å². The predicted molar refractivity (Wildman–Crippen MR) is 33.9 cm³/mol. The number of esters is 1. The van der Waals surface area contributed by atoms with Crippen LogP contribution < -0.4 is 0 Å². The molecular weight excluding hydrogens is 152 g/mol. The van der Waals surface area contributed by atoms with E-state index in [9.17, 15) is 14.4 Å². The number of carbonyl (C=O) groups is 3. The smallest absolute Gasteiger partial charge is 0.317 e. The first-order valence-electron chi connectivity index (χ1n) is 2.89. The summed E-state index contributed by atoms with van der Waals surface area (Å²) in [6.45, 7) is 0.889. The lowest BCUT2D eigenvalue weighted by atomic mass is 10.4. The number of hydrogen-bond acceptors (Lipinski definition) is 4. The van der Waals surface area contributed by atoms with Crippen LogP contribution in [0.4, 0.5) is 0 Å². The van der Waals surface area contributed by atoms with E-state index in [-0.39, 0.29) is 12.4 Å². The van der Waals surface area contributed by atoms with Gasteiger partial charge in [0.1, 0.15) is 13.0 Å². The summed E-state index contributed by atoms with van der Waals surface area (Å²) >= 11 is 0. The first kappa shape index (κ1) is 9.61. The Morgan fingerprint density at radius 2 is 1.91 bits per heavy atom. The molecule has 0 bridgehead atoms. The van der Waals surface area contributed by atoms with Crippen LogP contribution in [0.3, 0.4) is 0 Å². The van der Waals surface area contributed by atoms with Gasteiger partial charge < -0.3 is 9.84 Å². The number of carboxylic acid groups (broad SMARTS) is 1. The normalized spacial score (nSPS) is 8.82. The molecule has 62 valence electrons. The number of carboxylic acids is 1. The zero-order valence-corrected chi connectivity index (χ0v) is 5.99. The van der Waals surface area contributed by atoms with Crippen molar-refractivity contribution in [2.75, 3.05) is 6.61 Å². The molecule has 0 amide bonds. The van der Waals surface area contributed by atoms with Gasteiger partial charge in [-0.05, 0) is 6.92 Å². The molecule has 0 heterocycles. The summed E-state index contributed by atoms with van der Waals surface area (Å²) in [4.78, 5) is 30.5. The van der Waals surface area contributed by atoms with Gasteiger partial charge in [-0.25, -0.2) is 0 Å². The van der Waals surface area contributed by atoms with E-state index >= 15 is 0 Å². The van der Waals surface area contributed by atoms with Gasteiger partial charge in [-0.15, -0.1) is 0 Å². The minimum atomic E-state index is -1.27. The zero-order valence-electron chi connectivity index (χ0n) is 5.99. The van der Waals surface area contributed by atoms with E-state index in [0.717, 1.165) is 0 Å². The van der Waals surface area contributed by atoms with Crippen LogP contribution >= 0.6 is 0 Å². The van der Waals surface area contributed by atoms with Crippen molar-refractivity contribution in [2.45, 2.75) is 13.3 Å². The van der Waals surface area contributed by atoms with Crippen molar-refractivity contribution in [1.29, 1.82) is 0 Å². The monoisotopic (exact) mass is 160 g/mol. The van der Waals surface area contributed by atoms with Crippen molar-refractivity contribution in [1.82, 2.24) is 0 Å². The minimum absolute atomic E-state index is 0.316. The lowest BCUT2D eigenvalue weighted by Crippen LogP contribution is -2.14. The number of ketones is 1. The maximum atomic E-state index is 10.4. The number of rotatable bonds is 4. The van der Waals surface area contributed by atoms with Crippen molar-refractivity contribution in [3.05, 3.63) is 0 Å². The average Bonchev–Trinajstić information content (AvgIpc) is 1.82. The quantitative estimate of drug-likeness (QED) is 0.446. The molecule has 0 aliphatic carbocycles. The SMILES string of the molecule is CC(=O)COC(=O)CC(=O)O. The van der Waals surface area contributed by atoms with E-state index in [1.165, 1.54) is 6.92 Å². The van der Waals surface area contributed by atoms with Gasteiger partial charge >= 0.3 is 11.9 Å². The van der Waals surface area contributed by atoms with Crippen molar-refractivity contribution in [3.63, 3.8) is 0 Å². The van der Waals surface area contributed by atoms with Gasteiger partial charge in [0.05, 0.1) is 0 Å². The van der Waals surface area contributed by atoms with Crippen LogP contribution in [0.1, 0.15) is 13.3 Å². The Morgan fingerprint density at radius 3 is 2.27 bits per heavy atom. The van der Waals surface area contributed by atoms with Crippen LogP contribution in [-0.2, 0) is 19.1 Å². The molecule has 0 spiro atoms. The summed E-state index contributed by atoms with van der Waals surface area (Å²) < 4.78 is 4.24. The highest BCUT2D eigenvalue weighted by atomic mass is 16.5. The second kappa shape index (κ2) is 4.43. The third-order valence-corrected chi connectivity index (χ3v) is 0.732. The Hall–Kier alpha value is -1.39. The lowest BCUT2D eigenvalue weighted by Gasteiger charge is -1.97. The van der Waals surface area contributed by atoms with Crippen LogP contribution in [0.5, 0.6) is 0 Å². The largest absolute Gasteiger partial charge is 0.481 e. The molecule has 0 aliphatic rings. The van der Waals surface area contributed by atoms with E-state index in [1.54, 1.807) is 0 Å². The van der Waals surface area contributed by atoms with Crippen LogP contribution in [0.15, 0.2) is 0 Å². The fourth-order valence-electron chi connectivity index (χ4n) is 0.357. The van der Waals surface area contributed by atoms with E-state index in [4.69, 9.17) is 5.11 Å². The molecule has 0 rings (SSSR count). The van der Waals surface area contributed by atoms with Gasteiger partial charge in [-0.1, -0.05) is 0 Å². The van der Waals surface area contributed by atoms with Crippen LogP contribution in [0, 0.1) is 0 Å². The van der Waals surface area contributed by atoms with Crippen LogP contribution in [0.25, 0.3) is 0 Å². The molecule has 0 atom stereocenters. The molecule has 0 unspecified atom stereocenters. The highest BCUT2D eigenvalue weighted by molar-refractivity contribution is 5.91. The maximum Gasteiger partial charge on any atom is 0.317 e. The molecule has 0 saturated carbocycles. The second-order valence-electron chi connectivity index (χ2n) is 1.93. The Bertz CT molecular complexity index is 183. The first-order valence-corrected chi connectivity index (χ1v) is 2.89. The summed E-state index contributed by atoms with van der Waals surface area (Å²) in [6.07, 6.45) is -0.701. The topological polar surface area (TPSA) is 80.7 Å².